The first-order chi connectivity index (χ1) is 9.67. The predicted molar refractivity (Wildman–Crippen MR) is 76.5 cm³/mol. The zero-order valence-electron chi connectivity index (χ0n) is 11.9. The Hall–Kier alpha value is -1.63. The third kappa shape index (κ3) is 4.48. The van der Waals surface area contributed by atoms with E-state index in [1.165, 1.54) is 0 Å². The van der Waals surface area contributed by atoms with Crippen molar-refractivity contribution >= 4 is 11.9 Å². The van der Waals surface area contributed by atoms with Crippen molar-refractivity contribution in [2.24, 2.45) is 5.92 Å². The van der Waals surface area contributed by atoms with Crippen molar-refractivity contribution in [2.45, 2.75) is 45.1 Å². The highest BCUT2D eigenvalue weighted by Crippen LogP contribution is 2.24. The highest BCUT2D eigenvalue weighted by Gasteiger charge is 2.20. The van der Waals surface area contributed by atoms with Gasteiger partial charge in [0.15, 0.2) is 0 Å². The van der Waals surface area contributed by atoms with Crippen LogP contribution in [0.4, 0.5) is 11.9 Å². The number of hydrogen-bond donors (Lipinski definition) is 3. The van der Waals surface area contributed by atoms with Gasteiger partial charge in [-0.25, -0.2) is 0 Å². The van der Waals surface area contributed by atoms with Crippen LogP contribution in [0.3, 0.4) is 0 Å². The van der Waals surface area contributed by atoms with E-state index in [1.54, 1.807) is 0 Å². The maximum atomic E-state index is 9.65. The summed E-state index contributed by atoms with van der Waals surface area (Å²) in [4.78, 5) is 12.2. The first-order valence-electron chi connectivity index (χ1n) is 7.23. The highest BCUT2D eigenvalue weighted by atomic mass is 16.5. The molecule has 7 heteroatoms. The molecule has 1 heterocycles. The van der Waals surface area contributed by atoms with E-state index in [9.17, 15) is 5.11 Å². The van der Waals surface area contributed by atoms with Gasteiger partial charge in [0.25, 0.3) is 0 Å². The summed E-state index contributed by atoms with van der Waals surface area (Å²) in [5.74, 6) is 1.03. The molecule has 0 bridgehead atoms. The number of aliphatic hydroxyl groups excluding tert-OH is 1. The number of aliphatic hydroxyl groups is 1. The summed E-state index contributed by atoms with van der Waals surface area (Å²) in [5, 5.41) is 12.8. The minimum atomic E-state index is -0.178. The standard InChI is InChI=1S/C13H23N5O2/c1-2-6-20-13-17-11(14)16-12(18-13)15-8-9-4-3-5-10(19)7-9/h9-10,19H,2-8H2,1H3,(H3,14,15,16,17,18). The van der Waals surface area contributed by atoms with Crippen LogP contribution in [0.5, 0.6) is 6.01 Å². The van der Waals surface area contributed by atoms with Gasteiger partial charge in [-0.2, -0.15) is 15.0 Å². The van der Waals surface area contributed by atoms with Crippen molar-refractivity contribution in [1.29, 1.82) is 0 Å². The number of nitrogen functional groups attached to an aromatic ring is 1. The second-order valence-corrected chi connectivity index (χ2v) is 5.22. The maximum Gasteiger partial charge on any atom is 0.323 e. The van der Waals surface area contributed by atoms with Gasteiger partial charge in [0, 0.05) is 6.54 Å². The fourth-order valence-corrected chi connectivity index (χ4v) is 2.39. The topological polar surface area (TPSA) is 106 Å². The molecule has 1 saturated carbocycles. The lowest BCUT2D eigenvalue weighted by atomic mass is 9.87. The molecular weight excluding hydrogens is 258 g/mol. The SMILES string of the molecule is CCCOc1nc(N)nc(NCC2CCCC(O)C2)n1. The molecule has 0 aliphatic heterocycles. The fourth-order valence-electron chi connectivity index (χ4n) is 2.39. The Bertz CT molecular complexity index is 429. The van der Waals surface area contributed by atoms with E-state index < -0.39 is 0 Å². The monoisotopic (exact) mass is 281 g/mol. The Morgan fingerprint density at radius 3 is 2.95 bits per heavy atom. The van der Waals surface area contributed by atoms with Gasteiger partial charge >= 0.3 is 6.01 Å². The van der Waals surface area contributed by atoms with Crippen LogP contribution in [-0.2, 0) is 0 Å². The molecule has 1 fully saturated rings. The van der Waals surface area contributed by atoms with E-state index in [-0.39, 0.29) is 18.1 Å². The zero-order chi connectivity index (χ0) is 14.4. The van der Waals surface area contributed by atoms with Gasteiger partial charge in [-0.15, -0.1) is 0 Å². The first-order valence-corrected chi connectivity index (χ1v) is 7.23. The quantitative estimate of drug-likeness (QED) is 0.719. The van der Waals surface area contributed by atoms with E-state index in [2.05, 4.69) is 20.3 Å². The van der Waals surface area contributed by atoms with Crippen LogP contribution < -0.4 is 15.8 Å². The van der Waals surface area contributed by atoms with Crippen LogP contribution in [-0.4, -0.2) is 39.3 Å². The average Bonchev–Trinajstić information content (AvgIpc) is 2.42. The van der Waals surface area contributed by atoms with Crippen molar-refractivity contribution in [3.63, 3.8) is 0 Å². The van der Waals surface area contributed by atoms with Crippen molar-refractivity contribution in [3.05, 3.63) is 0 Å². The lowest BCUT2D eigenvalue weighted by molar-refractivity contribution is 0.104. The number of anilines is 2. The molecule has 0 radical (unpaired) electrons. The Balaban J connectivity index is 1.89. The average molecular weight is 281 g/mol. The lowest BCUT2D eigenvalue weighted by Gasteiger charge is -2.25. The molecule has 2 unspecified atom stereocenters. The molecule has 112 valence electrons. The van der Waals surface area contributed by atoms with E-state index in [0.29, 0.717) is 18.5 Å². The Morgan fingerprint density at radius 1 is 1.35 bits per heavy atom. The molecule has 4 N–H and O–H groups in total. The van der Waals surface area contributed by atoms with Gasteiger partial charge in [0.1, 0.15) is 0 Å². The molecule has 2 atom stereocenters. The molecule has 0 amide bonds. The van der Waals surface area contributed by atoms with Crippen LogP contribution in [0.25, 0.3) is 0 Å². The van der Waals surface area contributed by atoms with Gasteiger partial charge in [-0.1, -0.05) is 13.3 Å². The van der Waals surface area contributed by atoms with Crippen LogP contribution >= 0.6 is 0 Å². The van der Waals surface area contributed by atoms with Gasteiger partial charge in [-0.3, -0.25) is 0 Å². The Kier molecular flexibility index (Phi) is 5.34. The first kappa shape index (κ1) is 14.8. The second-order valence-electron chi connectivity index (χ2n) is 5.22. The molecule has 0 spiro atoms. The summed E-state index contributed by atoms with van der Waals surface area (Å²) >= 11 is 0. The number of aromatic nitrogens is 3. The number of rotatable bonds is 6. The minimum absolute atomic E-state index is 0.150. The normalized spacial score (nSPS) is 22.5. The molecule has 0 saturated heterocycles. The third-order valence-corrected chi connectivity index (χ3v) is 3.37. The van der Waals surface area contributed by atoms with E-state index in [4.69, 9.17) is 10.5 Å². The molecule has 20 heavy (non-hydrogen) atoms. The third-order valence-electron chi connectivity index (χ3n) is 3.37. The van der Waals surface area contributed by atoms with E-state index in [1.807, 2.05) is 6.92 Å². The number of ether oxygens (including phenoxy) is 1. The summed E-state index contributed by atoms with van der Waals surface area (Å²) in [6.45, 7) is 3.30. The molecule has 1 aliphatic rings. The predicted octanol–water partition coefficient (Wildman–Crippen LogP) is 1.21. The molecule has 1 aromatic rings. The molecule has 1 aromatic heterocycles. The summed E-state index contributed by atoms with van der Waals surface area (Å²) in [6.07, 6.45) is 4.62. The number of nitrogens with two attached hydrogens (primary N) is 1. The Morgan fingerprint density at radius 2 is 2.20 bits per heavy atom. The smallest absolute Gasteiger partial charge is 0.323 e. The van der Waals surface area contributed by atoms with Crippen LogP contribution in [0.2, 0.25) is 0 Å². The fraction of sp³-hybridized carbons (Fsp3) is 0.769. The lowest BCUT2D eigenvalue weighted by Crippen LogP contribution is -2.25. The molecular formula is C13H23N5O2. The second kappa shape index (κ2) is 7.23. The van der Waals surface area contributed by atoms with Gasteiger partial charge < -0.3 is 20.9 Å². The van der Waals surface area contributed by atoms with Gasteiger partial charge in [-0.05, 0) is 31.6 Å². The Labute approximate surface area is 119 Å². The maximum absolute atomic E-state index is 9.65. The summed E-state index contributed by atoms with van der Waals surface area (Å²) < 4.78 is 5.36. The molecule has 2 rings (SSSR count). The van der Waals surface area contributed by atoms with E-state index >= 15 is 0 Å². The summed E-state index contributed by atoms with van der Waals surface area (Å²) in [5.41, 5.74) is 5.64. The zero-order valence-corrected chi connectivity index (χ0v) is 11.9. The minimum Gasteiger partial charge on any atom is -0.463 e. The summed E-state index contributed by atoms with van der Waals surface area (Å²) in [6, 6.07) is 0.255. The summed E-state index contributed by atoms with van der Waals surface area (Å²) in [7, 11) is 0. The van der Waals surface area contributed by atoms with Crippen LogP contribution in [0.15, 0.2) is 0 Å². The van der Waals surface area contributed by atoms with Gasteiger partial charge in [0.2, 0.25) is 11.9 Å². The number of nitrogens with zero attached hydrogens (tertiary/aromatic N) is 3. The number of nitrogens with one attached hydrogen (secondary N) is 1. The van der Waals surface area contributed by atoms with E-state index in [0.717, 1.165) is 38.6 Å². The van der Waals surface area contributed by atoms with Crippen molar-refractivity contribution in [2.75, 3.05) is 24.2 Å². The number of hydrogen-bond acceptors (Lipinski definition) is 7. The molecule has 1 aliphatic carbocycles. The molecule has 7 nitrogen and oxygen atoms in total. The molecule has 0 aromatic carbocycles. The van der Waals surface area contributed by atoms with Crippen LogP contribution in [0.1, 0.15) is 39.0 Å². The van der Waals surface area contributed by atoms with Gasteiger partial charge in [0.05, 0.1) is 12.7 Å². The highest BCUT2D eigenvalue weighted by molar-refractivity contribution is 5.32. The largest absolute Gasteiger partial charge is 0.463 e. The van der Waals surface area contributed by atoms with Crippen molar-refractivity contribution < 1.29 is 9.84 Å². The van der Waals surface area contributed by atoms with Crippen LogP contribution in [0, 0.1) is 5.92 Å². The van der Waals surface area contributed by atoms with Crippen molar-refractivity contribution in [3.8, 4) is 6.01 Å². The van der Waals surface area contributed by atoms with Crippen molar-refractivity contribution in [1.82, 2.24) is 15.0 Å².